The maximum absolute atomic E-state index is 11.9. The van der Waals surface area contributed by atoms with E-state index in [1.807, 2.05) is 18.2 Å². The van der Waals surface area contributed by atoms with Crippen LogP contribution in [-0.2, 0) is 10.3 Å². The van der Waals surface area contributed by atoms with Gasteiger partial charge in [0.2, 0.25) is 0 Å². The third-order valence-corrected chi connectivity index (χ3v) is 2.92. The smallest absolute Gasteiger partial charge is 0.322 e. The van der Waals surface area contributed by atoms with Crippen LogP contribution in [0.15, 0.2) is 30.3 Å². The van der Waals surface area contributed by atoms with Crippen LogP contribution < -0.4 is 10.6 Å². The van der Waals surface area contributed by atoms with Gasteiger partial charge in [-0.2, -0.15) is 0 Å². The minimum absolute atomic E-state index is 0.0161. The van der Waals surface area contributed by atoms with E-state index in [2.05, 4.69) is 10.6 Å². The van der Waals surface area contributed by atoms with Gasteiger partial charge in [0.05, 0.1) is 0 Å². The van der Waals surface area contributed by atoms with E-state index in [-0.39, 0.29) is 12.5 Å². The van der Waals surface area contributed by atoms with Crippen LogP contribution in [0, 0.1) is 0 Å². The van der Waals surface area contributed by atoms with Crippen molar-refractivity contribution in [3.8, 4) is 0 Å². The van der Waals surface area contributed by atoms with Crippen molar-refractivity contribution in [1.29, 1.82) is 0 Å². The van der Waals surface area contributed by atoms with Crippen molar-refractivity contribution in [3.63, 3.8) is 0 Å². The monoisotopic (exact) mass is 234 g/mol. The van der Waals surface area contributed by atoms with Crippen LogP contribution in [0.3, 0.4) is 0 Å². The molecule has 0 spiro atoms. The highest BCUT2D eigenvalue weighted by Gasteiger charge is 2.46. The van der Waals surface area contributed by atoms with E-state index in [4.69, 9.17) is 5.11 Å². The quantitative estimate of drug-likeness (QED) is 0.663. The van der Waals surface area contributed by atoms with Crippen LogP contribution >= 0.6 is 0 Å². The predicted molar refractivity (Wildman–Crippen MR) is 61.1 cm³/mol. The van der Waals surface area contributed by atoms with Gasteiger partial charge in [-0.15, -0.1) is 0 Å². The van der Waals surface area contributed by atoms with E-state index >= 15 is 0 Å². The Balaban J connectivity index is 2.37. The number of rotatable bonds is 4. The Kier molecular flexibility index (Phi) is 3.10. The van der Waals surface area contributed by atoms with Gasteiger partial charge >= 0.3 is 6.03 Å². The third kappa shape index (κ3) is 2.01. The molecule has 0 saturated carbocycles. The minimum Gasteiger partial charge on any atom is -0.396 e. The molecular weight excluding hydrogens is 220 g/mol. The maximum Gasteiger partial charge on any atom is 0.322 e. The summed E-state index contributed by atoms with van der Waals surface area (Å²) in [6.07, 6.45) is 0.827. The fourth-order valence-electron chi connectivity index (χ4n) is 2.08. The number of carbonyl (C=O) groups is 2. The van der Waals surface area contributed by atoms with Crippen molar-refractivity contribution in [2.24, 2.45) is 0 Å². The molecule has 0 bridgehead atoms. The number of hydrogen-bond donors (Lipinski definition) is 3. The molecule has 17 heavy (non-hydrogen) atoms. The molecule has 90 valence electrons. The lowest BCUT2D eigenvalue weighted by Crippen LogP contribution is -2.43. The standard InChI is InChI=1S/C12H14N2O3/c15-8-4-7-12(9-5-2-1-3-6-9)10(16)13-11(17)14-12/h1-3,5-6,15H,4,7-8H2,(H2,13,14,16,17). The summed E-state index contributed by atoms with van der Waals surface area (Å²) in [5.74, 6) is -0.359. The summed E-state index contributed by atoms with van der Waals surface area (Å²) in [6, 6.07) is 8.57. The van der Waals surface area contributed by atoms with Crippen LogP contribution in [0.4, 0.5) is 4.79 Å². The van der Waals surface area contributed by atoms with Gasteiger partial charge in [0, 0.05) is 6.61 Å². The van der Waals surface area contributed by atoms with E-state index in [0.29, 0.717) is 12.8 Å². The predicted octanol–water partition coefficient (Wildman–Crippen LogP) is 0.494. The summed E-state index contributed by atoms with van der Waals surface area (Å²) in [6.45, 7) is -0.0161. The highest BCUT2D eigenvalue weighted by atomic mass is 16.3. The number of amides is 3. The Morgan fingerprint density at radius 3 is 2.41 bits per heavy atom. The van der Waals surface area contributed by atoms with Crippen LogP contribution in [0.2, 0.25) is 0 Å². The van der Waals surface area contributed by atoms with E-state index in [1.54, 1.807) is 12.1 Å². The summed E-state index contributed by atoms with van der Waals surface area (Å²) >= 11 is 0. The SMILES string of the molecule is O=C1NC(=O)C(CCCO)(c2ccccc2)N1. The number of nitrogens with one attached hydrogen (secondary N) is 2. The van der Waals surface area contributed by atoms with E-state index < -0.39 is 11.6 Å². The Labute approximate surface area is 98.8 Å². The highest BCUT2D eigenvalue weighted by Crippen LogP contribution is 2.29. The fourth-order valence-corrected chi connectivity index (χ4v) is 2.08. The largest absolute Gasteiger partial charge is 0.396 e. The minimum atomic E-state index is -1.04. The molecule has 1 heterocycles. The van der Waals surface area contributed by atoms with Crippen molar-refractivity contribution in [2.75, 3.05) is 6.61 Å². The van der Waals surface area contributed by atoms with Crippen molar-refractivity contribution in [3.05, 3.63) is 35.9 Å². The number of aliphatic hydroxyl groups excluding tert-OH is 1. The van der Waals surface area contributed by atoms with Crippen LogP contribution in [-0.4, -0.2) is 23.7 Å². The number of urea groups is 1. The molecule has 3 amide bonds. The topological polar surface area (TPSA) is 78.4 Å². The van der Waals surface area contributed by atoms with Gasteiger partial charge in [0.25, 0.3) is 5.91 Å². The normalized spacial score (nSPS) is 23.4. The van der Waals surface area contributed by atoms with Crippen molar-refractivity contribution in [2.45, 2.75) is 18.4 Å². The molecule has 0 aliphatic carbocycles. The Hall–Kier alpha value is -1.88. The second-order valence-corrected chi connectivity index (χ2v) is 4.01. The number of aliphatic hydroxyl groups is 1. The lowest BCUT2D eigenvalue weighted by Gasteiger charge is -2.26. The fraction of sp³-hybridized carbons (Fsp3) is 0.333. The number of imide groups is 1. The van der Waals surface area contributed by atoms with Gasteiger partial charge in [-0.1, -0.05) is 30.3 Å². The average Bonchev–Trinajstić information content (AvgIpc) is 2.64. The number of benzene rings is 1. The molecule has 1 aromatic rings. The zero-order valence-corrected chi connectivity index (χ0v) is 9.27. The van der Waals surface area contributed by atoms with Gasteiger partial charge in [0.15, 0.2) is 0 Å². The molecule has 1 unspecified atom stereocenters. The van der Waals surface area contributed by atoms with Gasteiger partial charge < -0.3 is 10.4 Å². The number of hydrogen-bond acceptors (Lipinski definition) is 3. The summed E-state index contributed by atoms with van der Waals surface area (Å²) in [7, 11) is 0. The van der Waals surface area contributed by atoms with Gasteiger partial charge in [-0.05, 0) is 18.4 Å². The number of carbonyl (C=O) groups excluding carboxylic acids is 2. The molecule has 0 aromatic heterocycles. The maximum atomic E-state index is 11.9. The molecule has 1 fully saturated rings. The molecule has 1 atom stereocenters. The molecule has 0 radical (unpaired) electrons. The summed E-state index contributed by atoms with van der Waals surface area (Å²) < 4.78 is 0. The Bertz CT molecular complexity index is 433. The van der Waals surface area contributed by atoms with Crippen LogP contribution in [0.1, 0.15) is 18.4 Å². The average molecular weight is 234 g/mol. The zero-order valence-electron chi connectivity index (χ0n) is 9.27. The molecule has 1 aromatic carbocycles. The molecule has 5 heteroatoms. The Morgan fingerprint density at radius 2 is 1.88 bits per heavy atom. The first-order valence-electron chi connectivity index (χ1n) is 5.49. The zero-order chi connectivity index (χ0) is 12.3. The second kappa shape index (κ2) is 4.55. The summed E-state index contributed by atoms with van der Waals surface area (Å²) in [4.78, 5) is 23.2. The van der Waals surface area contributed by atoms with Gasteiger partial charge in [-0.25, -0.2) is 4.79 Å². The van der Waals surface area contributed by atoms with Crippen LogP contribution in [0.5, 0.6) is 0 Å². The lowest BCUT2D eigenvalue weighted by atomic mass is 9.85. The van der Waals surface area contributed by atoms with Crippen LogP contribution in [0.25, 0.3) is 0 Å². The van der Waals surface area contributed by atoms with Gasteiger partial charge in [0.1, 0.15) is 5.54 Å². The molecule has 1 aliphatic heterocycles. The molecule has 3 N–H and O–H groups in total. The van der Waals surface area contributed by atoms with E-state index in [0.717, 1.165) is 5.56 Å². The second-order valence-electron chi connectivity index (χ2n) is 4.01. The third-order valence-electron chi connectivity index (χ3n) is 2.92. The van der Waals surface area contributed by atoms with Gasteiger partial charge in [-0.3, -0.25) is 10.1 Å². The summed E-state index contributed by atoms with van der Waals surface area (Å²) in [5.41, 5.74) is -0.307. The molecular formula is C12H14N2O3. The molecule has 1 aliphatic rings. The highest BCUT2D eigenvalue weighted by molar-refractivity contribution is 6.07. The van der Waals surface area contributed by atoms with Crippen molar-refractivity contribution < 1.29 is 14.7 Å². The van der Waals surface area contributed by atoms with Crippen molar-refractivity contribution in [1.82, 2.24) is 10.6 Å². The van der Waals surface area contributed by atoms with Crippen molar-refractivity contribution >= 4 is 11.9 Å². The first-order chi connectivity index (χ1) is 8.19. The van der Waals surface area contributed by atoms with E-state index in [9.17, 15) is 9.59 Å². The molecule has 5 nitrogen and oxygen atoms in total. The lowest BCUT2D eigenvalue weighted by molar-refractivity contribution is -0.124. The molecule has 1 saturated heterocycles. The Morgan fingerprint density at radius 1 is 1.18 bits per heavy atom. The first kappa shape index (κ1) is 11.6. The van der Waals surface area contributed by atoms with E-state index in [1.165, 1.54) is 0 Å². The molecule has 2 rings (SSSR count). The first-order valence-corrected chi connectivity index (χ1v) is 5.49. The summed E-state index contributed by atoms with van der Waals surface area (Å²) in [5, 5.41) is 13.8.